The molecule has 1 aliphatic rings. The van der Waals surface area contributed by atoms with Crippen LogP contribution in [0.5, 0.6) is 0 Å². The lowest BCUT2D eigenvalue weighted by Gasteiger charge is -2.33. The molecule has 4 nitrogen and oxygen atoms in total. The highest BCUT2D eigenvalue weighted by Gasteiger charge is 2.25. The largest absolute Gasteiger partial charge is 0.350 e. The van der Waals surface area contributed by atoms with E-state index in [1.807, 2.05) is 44.2 Å². The van der Waals surface area contributed by atoms with Gasteiger partial charge in [-0.1, -0.05) is 18.2 Å². The summed E-state index contributed by atoms with van der Waals surface area (Å²) >= 11 is 5.25. The maximum absolute atomic E-state index is 5.60. The number of rotatable bonds is 2. The second kappa shape index (κ2) is 6.13. The molecule has 0 spiro atoms. The van der Waals surface area contributed by atoms with Crippen molar-refractivity contribution in [3.8, 4) is 0 Å². The first-order chi connectivity index (χ1) is 8.63. The van der Waals surface area contributed by atoms with Crippen molar-refractivity contribution in [3.63, 3.8) is 0 Å². The summed E-state index contributed by atoms with van der Waals surface area (Å²) in [5.74, 6) is 0. The van der Waals surface area contributed by atoms with Crippen molar-refractivity contribution >= 4 is 23.0 Å². The second-order valence-corrected chi connectivity index (χ2v) is 4.75. The van der Waals surface area contributed by atoms with Crippen LogP contribution in [0.2, 0.25) is 0 Å². The molecule has 0 radical (unpaired) electrons. The van der Waals surface area contributed by atoms with Crippen LogP contribution in [0.15, 0.2) is 30.3 Å². The minimum Gasteiger partial charge on any atom is -0.350 e. The highest BCUT2D eigenvalue weighted by Crippen LogP contribution is 2.16. The van der Waals surface area contributed by atoms with Crippen LogP contribution < -0.4 is 10.6 Å². The van der Waals surface area contributed by atoms with Gasteiger partial charge in [0.1, 0.15) is 6.23 Å². The number of para-hydroxylation sites is 1. The zero-order chi connectivity index (χ0) is 13.0. The van der Waals surface area contributed by atoms with Gasteiger partial charge in [-0.2, -0.15) is 0 Å². The van der Waals surface area contributed by atoms with Gasteiger partial charge in [0.2, 0.25) is 0 Å². The van der Waals surface area contributed by atoms with Crippen molar-refractivity contribution < 1.29 is 9.47 Å². The van der Waals surface area contributed by atoms with Crippen LogP contribution in [0.3, 0.4) is 0 Å². The van der Waals surface area contributed by atoms with Crippen LogP contribution in [-0.4, -0.2) is 23.7 Å². The summed E-state index contributed by atoms with van der Waals surface area (Å²) in [5, 5.41) is 6.83. The van der Waals surface area contributed by atoms with E-state index in [4.69, 9.17) is 21.7 Å². The van der Waals surface area contributed by atoms with Crippen LogP contribution in [0.25, 0.3) is 0 Å². The molecule has 0 saturated carbocycles. The lowest BCUT2D eigenvalue weighted by Crippen LogP contribution is -2.47. The lowest BCUT2D eigenvalue weighted by molar-refractivity contribution is -0.232. The van der Waals surface area contributed by atoms with E-state index in [0.717, 1.165) is 12.1 Å². The molecule has 0 amide bonds. The molecule has 1 fully saturated rings. The molecule has 1 saturated heterocycles. The summed E-state index contributed by atoms with van der Waals surface area (Å²) in [6, 6.07) is 9.81. The Hall–Kier alpha value is -1.17. The van der Waals surface area contributed by atoms with Gasteiger partial charge in [0, 0.05) is 12.1 Å². The molecule has 5 heteroatoms. The molecule has 3 atom stereocenters. The Morgan fingerprint density at radius 1 is 1.22 bits per heavy atom. The van der Waals surface area contributed by atoms with E-state index in [2.05, 4.69) is 10.6 Å². The highest BCUT2D eigenvalue weighted by molar-refractivity contribution is 7.80. The number of thiocarbonyl (C=S) groups is 1. The average molecular weight is 266 g/mol. The topological polar surface area (TPSA) is 42.5 Å². The van der Waals surface area contributed by atoms with Gasteiger partial charge < -0.3 is 20.1 Å². The van der Waals surface area contributed by atoms with E-state index in [1.165, 1.54) is 0 Å². The Morgan fingerprint density at radius 2 is 1.94 bits per heavy atom. The monoisotopic (exact) mass is 266 g/mol. The minimum absolute atomic E-state index is 0.104. The van der Waals surface area contributed by atoms with Gasteiger partial charge in [0.25, 0.3) is 0 Å². The molecule has 0 bridgehead atoms. The highest BCUT2D eigenvalue weighted by atomic mass is 32.1. The second-order valence-electron chi connectivity index (χ2n) is 4.34. The van der Waals surface area contributed by atoms with Crippen molar-refractivity contribution in [1.82, 2.24) is 5.32 Å². The van der Waals surface area contributed by atoms with Crippen molar-refractivity contribution in [2.24, 2.45) is 0 Å². The molecule has 2 N–H and O–H groups in total. The first-order valence-electron chi connectivity index (χ1n) is 6.07. The fraction of sp³-hybridized carbons (Fsp3) is 0.462. The maximum Gasteiger partial charge on any atom is 0.172 e. The number of ether oxygens (including phenoxy) is 2. The van der Waals surface area contributed by atoms with E-state index >= 15 is 0 Å². The summed E-state index contributed by atoms with van der Waals surface area (Å²) in [5.41, 5.74) is 0.961. The Balaban J connectivity index is 1.84. The van der Waals surface area contributed by atoms with E-state index in [9.17, 15) is 0 Å². The summed E-state index contributed by atoms with van der Waals surface area (Å²) in [6.45, 7) is 3.92. The molecule has 3 unspecified atom stereocenters. The normalized spacial score (nSPS) is 27.6. The molecule has 1 aromatic rings. The van der Waals surface area contributed by atoms with Gasteiger partial charge in [-0.05, 0) is 38.2 Å². The molecule has 1 aromatic carbocycles. The van der Waals surface area contributed by atoms with Gasteiger partial charge in [0.05, 0.1) is 6.10 Å². The van der Waals surface area contributed by atoms with Crippen molar-refractivity contribution in [3.05, 3.63) is 30.3 Å². The van der Waals surface area contributed by atoms with Crippen LogP contribution >= 0.6 is 12.2 Å². The molecule has 0 aliphatic carbocycles. The smallest absolute Gasteiger partial charge is 0.172 e. The third-order valence-corrected chi connectivity index (χ3v) is 2.87. The van der Waals surface area contributed by atoms with E-state index in [0.29, 0.717) is 5.11 Å². The van der Waals surface area contributed by atoms with Crippen LogP contribution in [-0.2, 0) is 9.47 Å². The van der Waals surface area contributed by atoms with Crippen LogP contribution in [0, 0.1) is 0 Å². The summed E-state index contributed by atoms with van der Waals surface area (Å²) in [4.78, 5) is 0. The standard InChI is InChI=1S/C13H18N2O2S/c1-9-8-12(17-10(2)16-9)15-13(18)14-11-6-4-3-5-7-11/h3-7,9-10,12H,8H2,1-2H3,(H2,14,15,18). The number of hydrogen-bond donors (Lipinski definition) is 2. The van der Waals surface area contributed by atoms with E-state index in [1.54, 1.807) is 0 Å². The van der Waals surface area contributed by atoms with Gasteiger partial charge in [-0.25, -0.2) is 0 Å². The SMILES string of the molecule is CC1CC(NC(=S)Nc2ccccc2)OC(C)O1. The number of anilines is 1. The zero-order valence-electron chi connectivity index (χ0n) is 10.6. The van der Waals surface area contributed by atoms with Crippen LogP contribution in [0.1, 0.15) is 20.3 Å². The fourth-order valence-electron chi connectivity index (χ4n) is 1.93. The number of benzene rings is 1. The molecular weight excluding hydrogens is 248 g/mol. The Morgan fingerprint density at radius 3 is 2.61 bits per heavy atom. The van der Waals surface area contributed by atoms with Crippen molar-refractivity contribution in [2.75, 3.05) is 5.32 Å². The predicted molar refractivity (Wildman–Crippen MR) is 75.3 cm³/mol. The first-order valence-corrected chi connectivity index (χ1v) is 6.48. The molecule has 18 heavy (non-hydrogen) atoms. The summed E-state index contributed by atoms with van der Waals surface area (Å²) < 4.78 is 11.1. The van der Waals surface area contributed by atoms with E-state index < -0.39 is 0 Å². The third kappa shape index (κ3) is 3.94. The molecule has 2 rings (SSSR count). The summed E-state index contributed by atoms with van der Waals surface area (Å²) in [7, 11) is 0. The fourth-order valence-corrected chi connectivity index (χ4v) is 2.18. The number of nitrogens with one attached hydrogen (secondary N) is 2. The van der Waals surface area contributed by atoms with Gasteiger partial charge in [0.15, 0.2) is 11.4 Å². The van der Waals surface area contributed by atoms with Crippen molar-refractivity contribution in [1.29, 1.82) is 0 Å². The third-order valence-electron chi connectivity index (χ3n) is 2.65. The van der Waals surface area contributed by atoms with Gasteiger partial charge in [-0.15, -0.1) is 0 Å². The lowest BCUT2D eigenvalue weighted by atomic mass is 10.2. The summed E-state index contributed by atoms with van der Waals surface area (Å²) in [6.07, 6.45) is 0.644. The molecule has 1 aliphatic heterocycles. The maximum atomic E-state index is 5.60. The zero-order valence-corrected chi connectivity index (χ0v) is 11.4. The molecule has 98 valence electrons. The minimum atomic E-state index is -0.203. The molecule has 1 heterocycles. The quantitative estimate of drug-likeness (QED) is 0.805. The van der Waals surface area contributed by atoms with Crippen LogP contribution in [0.4, 0.5) is 5.69 Å². The predicted octanol–water partition coefficient (Wildman–Crippen LogP) is 2.47. The molecule has 0 aromatic heterocycles. The van der Waals surface area contributed by atoms with E-state index in [-0.39, 0.29) is 18.6 Å². The Bertz CT molecular complexity index is 389. The first kappa shape index (κ1) is 13.3. The molecular formula is C13H18N2O2S. The van der Waals surface area contributed by atoms with Crippen molar-refractivity contribution in [2.45, 2.75) is 38.9 Å². The number of hydrogen-bond acceptors (Lipinski definition) is 3. The Kier molecular flexibility index (Phi) is 4.52. The Labute approximate surface area is 113 Å². The van der Waals surface area contributed by atoms with Gasteiger partial charge >= 0.3 is 0 Å². The average Bonchev–Trinajstić information content (AvgIpc) is 2.28. The van der Waals surface area contributed by atoms with Gasteiger partial charge in [-0.3, -0.25) is 0 Å².